The molecule has 1 aromatic heterocycles. The maximum Gasteiger partial charge on any atom is 0.186 e. The Morgan fingerprint density at radius 2 is 2.13 bits per heavy atom. The average Bonchev–Trinajstić information content (AvgIpc) is 2.72. The maximum atomic E-state index is 8.99. The van der Waals surface area contributed by atoms with Crippen molar-refractivity contribution < 1.29 is 0 Å². The van der Waals surface area contributed by atoms with Gasteiger partial charge in [-0.1, -0.05) is 24.5 Å². The Balaban J connectivity index is 2.31. The molecule has 0 aromatic carbocycles. The monoisotopic (exact) mass is 204 g/mol. The first-order valence-corrected chi connectivity index (χ1v) is 5.70. The summed E-state index contributed by atoms with van der Waals surface area (Å²) < 4.78 is 1.88. The predicted octanol–water partition coefficient (Wildman–Crippen LogP) is 2.22. The van der Waals surface area contributed by atoms with E-state index in [4.69, 9.17) is 5.26 Å². The molecule has 0 unspecified atom stereocenters. The third kappa shape index (κ3) is 1.87. The summed E-state index contributed by atoms with van der Waals surface area (Å²) in [6, 6.07) is 2.15. The van der Waals surface area contributed by atoms with Crippen LogP contribution >= 0.6 is 0 Å². The minimum Gasteiger partial charge on any atom is -0.248 e. The van der Waals surface area contributed by atoms with Gasteiger partial charge in [0.25, 0.3) is 0 Å². The molecule has 0 amide bonds. The molecule has 0 radical (unpaired) electrons. The van der Waals surface area contributed by atoms with E-state index in [0.29, 0.717) is 11.6 Å². The van der Waals surface area contributed by atoms with Gasteiger partial charge in [-0.2, -0.15) is 5.26 Å². The van der Waals surface area contributed by atoms with Crippen LogP contribution in [0.2, 0.25) is 0 Å². The van der Waals surface area contributed by atoms with Crippen molar-refractivity contribution in [2.75, 3.05) is 0 Å². The van der Waals surface area contributed by atoms with Crippen LogP contribution in [0.3, 0.4) is 0 Å². The molecular weight excluding hydrogens is 188 g/mol. The highest BCUT2D eigenvalue weighted by Crippen LogP contribution is 2.33. The fraction of sp³-hybridized carbons (Fsp3) is 0.727. The summed E-state index contributed by atoms with van der Waals surface area (Å²) in [6.45, 7) is 2.85. The third-order valence-electron chi connectivity index (χ3n) is 3.17. The molecule has 2 rings (SSSR count). The number of nitriles is 1. The normalized spacial score (nSPS) is 17.6. The molecule has 1 aromatic rings. The summed E-state index contributed by atoms with van der Waals surface area (Å²) in [5, 5.41) is 16.9. The standard InChI is InChI=1S/C11H16N4/c1-2-15-11(10(8-12)13-14-15)9-6-4-3-5-7-9/h9H,2-7H2,1H3. The zero-order valence-corrected chi connectivity index (χ0v) is 9.11. The molecule has 1 heterocycles. The van der Waals surface area contributed by atoms with E-state index in [0.717, 1.165) is 12.2 Å². The van der Waals surface area contributed by atoms with Crippen molar-refractivity contribution in [1.29, 1.82) is 5.26 Å². The van der Waals surface area contributed by atoms with Gasteiger partial charge in [-0.15, -0.1) is 5.10 Å². The van der Waals surface area contributed by atoms with E-state index < -0.39 is 0 Å². The number of hydrogen-bond acceptors (Lipinski definition) is 3. The van der Waals surface area contributed by atoms with Crippen molar-refractivity contribution >= 4 is 0 Å². The summed E-state index contributed by atoms with van der Waals surface area (Å²) in [7, 11) is 0. The second-order valence-corrected chi connectivity index (χ2v) is 4.09. The van der Waals surface area contributed by atoms with Crippen molar-refractivity contribution in [3.8, 4) is 6.07 Å². The van der Waals surface area contributed by atoms with E-state index in [9.17, 15) is 0 Å². The molecule has 4 nitrogen and oxygen atoms in total. The van der Waals surface area contributed by atoms with E-state index >= 15 is 0 Å². The quantitative estimate of drug-likeness (QED) is 0.742. The lowest BCUT2D eigenvalue weighted by Gasteiger charge is -2.21. The number of aromatic nitrogens is 3. The van der Waals surface area contributed by atoms with E-state index in [-0.39, 0.29) is 0 Å². The lowest BCUT2D eigenvalue weighted by molar-refractivity contribution is 0.416. The largest absolute Gasteiger partial charge is 0.248 e. The third-order valence-corrected chi connectivity index (χ3v) is 3.17. The highest BCUT2D eigenvalue weighted by molar-refractivity contribution is 5.28. The smallest absolute Gasteiger partial charge is 0.186 e. The fourth-order valence-corrected chi connectivity index (χ4v) is 2.41. The van der Waals surface area contributed by atoms with Gasteiger partial charge >= 0.3 is 0 Å². The van der Waals surface area contributed by atoms with Crippen LogP contribution in [-0.4, -0.2) is 15.0 Å². The van der Waals surface area contributed by atoms with Crippen LogP contribution in [-0.2, 0) is 6.54 Å². The molecule has 0 N–H and O–H groups in total. The van der Waals surface area contributed by atoms with Crippen molar-refractivity contribution in [2.45, 2.75) is 51.5 Å². The predicted molar refractivity (Wildman–Crippen MR) is 56.2 cm³/mol. The first-order chi connectivity index (χ1) is 7.36. The van der Waals surface area contributed by atoms with Crippen molar-refractivity contribution in [3.05, 3.63) is 11.4 Å². The average molecular weight is 204 g/mol. The number of rotatable bonds is 2. The van der Waals surface area contributed by atoms with Gasteiger partial charge in [0, 0.05) is 12.5 Å². The molecule has 1 fully saturated rings. The zero-order chi connectivity index (χ0) is 10.7. The molecule has 0 spiro atoms. The second kappa shape index (κ2) is 4.43. The molecule has 1 saturated carbocycles. The molecule has 1 aliphatic rings. The fourth-order valence-electron chi connectivity index (χ4n) is 2.41. The first-order valence-electron chi connectivity index (χ1n) is 5.70. The van der Waals surface area contributed by atoms with Gasteiger partial charge < -0.3 is 0 Å². The lowest BCUT2D eigenvalue weighted by Crippen LogP contribution is -2.12. The lowest BCUT2D eigenvalue weighted by atomic mass is 9.86. The van der Waals surface area contributed by atoms with Crippen LogP contribution in [0.1, 0.15) is 56.3 Å². The Kier molecular flexibility index (Phi) is 3.00. The molecule has 15 heavy (non-hydrogen) atoms. The number of hydrogen-bond donors (Lipinski definition) is 0. The minimum atomic E-state index is 0.503. The van der Waals surface area contributed by atoms with Gasteiger partial charge in [-0.25, -0.2) is 4.68 Å². The molecule has 0 bridgehead atoms. The SMILES string of the molecule is CCn1nnc(C#N)c1C1CCCCC1. The summed E-state index contributed by atoms with van der Waals surface area (Å²) in [5.41, 5.74) is 1.60. The zero-order valence-electron chi connectivity index (χ0n) is 9.11. The second-order valence-electron chi connectivity index (χ2n) is 4.09. The Morgan fingerprint density at radius 1 is 1.40 bits per heavy atom. The van der Waals surface area contributed by atoms with Gasteiger partial charge in [-0.05, 0) is 19.8 Å². The molecular formula is C11H16N4. The van der Waals surface area contributed by atoms with Gasteiger partial charge in [0.15, 0.2) is 5.69 Å². The summed E-state index contributed by atoms with van der Waals surface area (Å²) in [5.74, 6) is 0.503. The van der Waals surface area contributed by atoms with Crippen LogP contribution in [0.5, 0.6) is 0 Å². The first kappa shape index (κ1) is 10.2. The van der Waals surface area contributed by atoms with E-state index in [1.165, 1.54) is 32.1 Å². The Bertz CT molecular complexity index is 368. The highest BCUT2D eigenvalue weighted by atomic mass is 15.4. The Labute approximate surface area is 89.9 Å². The number of nitrogens with zero attached hydrogens (tertiary/aromatic N) is 4. The van der Waals surface area contributed by atoms with Crippen LogP contribution in [0.4, 0.5) is 0 Å². The molecule has 4 heteroatoms. The Morgan fingerprint density at radius 3 is 2.73 bits per heavy atom. The summed E-state index contributed by atoms with van der Waals surface area (Å²) in [6.07, 6.45) is 6.23. The van der Waals surface area contributed by atoms with Crippen molar-refractivity contribution in [1.82, 2.24) is 15.0 Å². The van der Waals surface area contributed by atoms with E-state index in [1.807, 2.05) is 11.6 Å². The van der Waals surface area contributed by atoms with Gasteiger partial charge in [-0.3, -0.25) is 0 Å². The van der Waals surface area contributed by atoms with Crippen LogP contribution < -0.4 is 0 Å². The van der Waals surface area contributed by atoms with Crippen molar-refractivity contribution in [2.24, 2.45) is 0 Å². The maximum absolute atomic E-state index is 8.99. The van der Waals surface area contributed by atoms with Crippen LogP contribution in [0.25, 0.3) is 0 Å². The Hall–Kier alpha value is -1.37. The van der Waals surface area contributed by atoms with E-state index in [1.54, 1.807) is 0 Å². The molecule has 0 atom stereocenters. The molecule has 0 saturated heterocycles. The summed E-state index contributed by atoms with van der Waals surface area (Å²) >= 11 is 0. The van der Waals surface area contributed by atoms with E-state index in [2.05, 4.69) is 16.4 Å². The van der Waals surface area contributed by atoms with Gasteiger partial charge in [0.1, 0.15) is 6.07 Å². The highest BCUT2D eigenvalue weighted by Gasteiger charge is 2.23. The summed E-state index contributed by atoms with van der Waals surface area (Å²) in [4.78, 5) is 0. The topological polar surface area (TPSA) is 54.5 Å². The minimum absolute atomic E-state index is 0.503. The number of aryl methyl sites for hydroxylation is 1. The van der Waals surface area contributed by atoms with Gasteiger partial charge in [0.05, 0.1) is 5.69 Å². The molecule has 1 aliphatic carbocycles. The van der Waals surface area contributed by atoms with Crippen LogP contribution in [0.15, 0.2) is 0 Å². The van der Waals surface area contributed by atoms with Gasteiger partial charge in [0.2, 0.25) is 0 Å². The molecule has 0 aliphatic heterocycles. The van der Waals surface area contributed by atoms with Crippen LogP contribution in [0, 0.1) is 11.3 Å². The van der Waals surface area contributed by atoms with Crippen molar-refractivity contribution in [3.63, 3.8) is 0 Å². The molecule has 80 valence electrons.